The molecule has 0 bridgehead atoms. The van der Waals surface area contributed by atoms with Gasteiger partial charge in [0.05, 0.1) is 18.2 Å². The number of benzene rings is 2. The summed E-state index contributed by atoms with van der Waals surface area (Å²) in [5, 5.41) is 11.4. The predicted octanol–water partition coefficient (Wildman–Crippen LogP) is 5.64. The molecule has 4 N–H and O–H groups in total. The predicted molar refractivity (Wildman–Crippen MR) is 167 cm³/mol. The Morgan fingerprint density at radius 2 is 1.90 bits per heavy atom. The van der Waals surface area contributed by atoms with Gasteiger partial charge in [0.25, 0.3) is 11.8 Å². The number of carbonyl (C=O) groups excluding carboxylic acids is 2. The second kappa shape index (κ2) is 14.6. The smallest absolute Gasteiger partial charge is 0.305 e. The van der Waals surface area contributed by atoms with Crippen molar-refractivity contribution < 1.29 is 19.5 Å². The van der Waals surface area contributed by atoms with Gasteiger partial charge < -0.3 is 21.1 Å². The van der Waals surface area contributed by atoms with E-state index in [4.69, 9.17) is 15.8 Å². The number of nitrogens with two attached hydrogens (primary N) is 1. The zero-order valence-corrected chi connectivity index (χ0v) is 25.2. The van der Waals surface area contributed by atoms with Gasteiger partial charge in [-0.3, -0.25) is 24.4 Å². The summed E-state index contributed by atoms with van der Waals surface area (Å²) in [5.41, 5.74) is 8.67. The molecule has 42 heavy (non-hydrogen) atoms. The first kappa shape index (κ1) is 32.2. The molecule has 1 heterocycles. The average molecular weight is 574 g/mol. The fourth-order valence-electron chi connectivity index (χ4n) is 5.33. The lowest BCUT2D eigenvalue weighted by Crippen LogP contribution is -2.39. The summed E-state index contributed by atoms with van der Waals surface area (Å²) in [6.45, 7) is 11.0. The number of hydrogen-bond donors (Lipinski definition) is 3. The molecule has 0 aliphatic carbocycles. The van der Waals surface area contributed by atoms with E-state index in [1.807, 2.05) is 48.2 Å². The highest BCUT2D eigenvalue weighted by Gasteiger charge is 2.39. The van der Waals surface area contributed by atoms with Crippen molar-refractivity contribution in [1.29, 1.82) is 0 Å². The molecule has 2 aromatic carbocycles. The fraction of sp³-hybridized carbons (Fsp3) is 0.424. The molecule has 2 aromatic rings. The van der Waals surface area contributed by atoms with E-state index in [0.717, 1.165) is 24.8 Å². The van der Waals surface area contributed by atoms with Gasteiger partial charge in [0.1, 0.15) is 11.9 Å². The molecule has 1 aliphatic rings. The maximum absolute atomic E-state index is 14.0. The van der Waals surface area contributed by atoms with Crippen molar-refractivity contribution in [2.75, 3.05) is 6.54 Å². The summed E-state index contributed by atoms with van der Waals surface area (Å²) in [4.78, 5) is 48.4. The minimum Gasteiger partial charge on any atom is -0.481 e. The third-order valence-corrected chi connectivity index (χ3v) is 7.76. The lowest BCUT2D eigenvalue weighted by Gasteiger charge is -2.34. The van der Waals surface area contributed by atoms with Crippen LogP contribution in [0.15, 0.2) is 70.8 Å². The van der Waals surface area contributed by atoms with Crippen LogP contribution < -0.4 is 11.1 Å². The number of nitrogens with one attached hydrogen (secondary N) is 1. The van der Waals surface area contributed by atoms with E-state index < -0.39 is 5.97 Å². The number of nitrogens with zero attached hydrogens (tertiary/aromatic N) is 3. The highest BCUT2D eigenvalue weighted by atomic mass is 16.4. The minimum absolute atomic E-state index is 0.0555. The average Bonchev–Trinajstić information content (AvgIpc) is 3.28. The molecule has 9 heteroatoms. The lowest BCUT2D eigenvalue weighted by atomic mass is 9.76. The van der Waals surface area contributed by atoms with Crippen LogP contribution in [-0.2, 0) is 9.59 Å². The SMILES string of the molecule is CCC(CCC1N=C(c2cccc(N=CC=CN)c2)C(=O)N1[C@H](C)c1ccc(C(=O)NCCC(=O)O)cc1)C(C)(C)C. The van der Waals surface area contributed by atoms with Gasteiger partial charge in [0.2, 0.25) is 0 Å². The molecule has 3 atom stereocenters. The Morgan fingerprint density at radius 1 is 1.19 bits per heavy atom. The summed E-state index contributed by atoms with van der Waals surface area (Å²) >= 11 is 0. The van der Waals surface area contributed by atoms with Crippen LogP contribution in [0.5, 0.6) is 0 Å². The topological polar surface area (TPSA) is 137 Å². The zero-order chi connectivity index (χ0) is 30.9. The van der Waals surface area contributed by atoms with Gasteiger partial charge in [-0.05, 0) is 73.2 Å². The molecule has 9 nitrogen and oxygen atoms in total. The molecule has 0 saturated carbocycles. The van der Waals surface area contributed by atoms with Crippen LogP contribution >= 0.6 is 0 Å². The number of carboxylic acids is 1. The number of aliphatic imine (C=N–C) groups is 2. The third-order valence-electron chi connectivity index (χ3n) is 7.76. The van der Waals surface area contributed by atoms with Gasteiger partial charge in [0, 0.05) is 23.9 Å². The van der Waals surface area contributed by atoms with Crippen LogP contribution in [0.25, 0.3) is 0 Å². The Morgan fingerprint density at radius 3 is 2.52 bits per heavy atom. The van der Waals surface area contributed by atoms with Crippen LogP contribution in [0.4, 0.5) is 5.69 Å². The number of hydrogen-bond acceptors (Lipinski definition) is 6. The molecule has 0 spiro atoms. The first-order valence-corrected chi connectivity index (χ1v) is 14.5. The summed E-state index contributed by atoms with van der Waals surface area (Å²) in [6, 6.07) is 14.2. The molecule has 2 unspecified atom stereocenters. The lowest BCUT2D eigenvalue weighted by molar-refractivity contribution is -0.136. The molecular formula is C33H43N5O4. The summed E-state index contributed by atoms with van der Waals surface area (Å²) in [6.07, 6.45) is 6.88. The van der Waals surface area contributed by atoms with Crippen molar-refractivity contribution >= 4 is 35.4 Å². The molecule has 3 rings (SSSR count). The van der Waals surface area contributed by atoms with Crippen LogP contribution in [0.3, 0.4) is 0 Å². The third kappa shape index (κ3) is 8.38. The fourth-order valence-corrected chi connectivity index (χ4v) is 5.33. The first-order valence-electron chi connectivity index (χ1n) is 14.5. The van der Waals surface area contributed by atoms with E-state index in [2.05, 4.69) is 38.0 Å². The van der Waals surface area contributed by atoms with Gasteiger partial charge in [-0.1, -0.05) is 58.4 Å². The van der Waals surface area contributed by atoms with Crippen molar-refractivity contribution in [2.45, 2.75) is 72.5 Å². The standard InChI is InChI=1S/C33H43N5O4/c1-6-26(33(3,4)5)15-16-28-37-30(25-9-7-10-27(21-25)35-19-8-18-34)32(42)38(28)22(2)23-11-13-24(14-12-23)31(41)36-20-17-29(39)40/h7-14,18-19,21-22,26,28H,6,15-17,20,34H2,1-5H3,(H,36,41)(H,39,40)/t22-,26?,28?/m1/s1. The number of allylic oxidation sites excluding steroid dienone is 1. The molecular weight excluding hydrogens is 530 g/mol. The Labute approximate surface area is 248 Å². The number of rotatable bonds is 13. The Hall–Kier alpha value is -4.27. The van der Waals surface area contributed by atoms with Crippen molar-refractivity contribution in [3.05, 3.63) is 77.5 Å². The highest BCUT2D eigenvalue weighted by molar-refractivity contribution is 6.46. The molecule has 2 amide bonds. The molecule has 0 aromatic heterocycles. The second-order valence-electron chi connectivity index (χ2n) is 11.6. The molecule has 1 aliphatic heterocycles. The Kier molecular flexibility index (Phi) is 11.2. The van der Waals surface area contributed by atoms with E-state index in [-0.39, 0.29) is 42.4 Å². The van der Waals surface area contributed by atoms with Crippen LogP contribution in [-0.4, -0.2) is 52.4 Å². The van der Waals surface area contributed by atoms with E-state index in [1.54, 1.807) is 24.4 Å². The van der Waals surface area contributed by atoms with E-state index in [0.29, 0.717) is 28.4 Å². The van der Waals surface area contributed by atoms with Gasteiger partial charge in [-0.25, -0.2) is 0 Å². The van der Waals surface area contributed by atoms with Crippen molar-refractivity contribution in [2.24, 2.45) is 27.1 Å². The normalized spacial score (nSPS) is 17.1. The van der Waals surface area contributed by atoms with Crippen molar-refractivity contribution in [1.82, 2.24) is 10.2 Å². The summed E-state index contributed by atoms with van der Waals surface area (Å²) in [5.74, 6) is -0.971. The minimum atomic E-state index is -0.971. The Bertz CT molecular complexity index is 1340. The number of amides is 2. The number of aliphatic carboxylic acids is 1. The molecule has 0 saturated heterocycles. The molecule has 0 fully saturated rings. The van der Waals surface area contributed by atoms with Crippen molar-refractivity contribution in [3.63, 3.8) is 0 Å². The highest BCUT2D eigenvalue weighted by Crippen LogP contribution is 2.36. The Balaban J connectivity index is 1.88. The van der Waals surface area contributed by atoms with Crippen molar-refractivity contribution in [3.8, 4) is 0 Å². The molecule has 0 radical (unpaired) electrons. The first-order chi connectivity index (χ1) is 20.0. The second-order valence-corrected chi connectivity index (χ2v) is 11.6. The van der Waals surface area contributed by atoms with Crippen LogP contribution in [0, 0.1) is 11.3 Å². The molecule has 224 valence electrons. The maximum atomic E-state index is 14.0. The summed E-state index contributed by atoms with van der Waals surface area (Å²) < 4.78 is 0. The van der Waals surface area contributed by atoms with Gasteiger partial charge >= 0.3 is 5.97 Å². The van der Waals surface area contributed by atoms with Crippen LogP contribution in [0.1, 0.15) is 87.8 Å². The van der Waals surface area contributed by atoms with E-state index in [9.17, 15) is 14.4 Å². The quantitative estimate of drug-likeness (QED) is 0.266. The monoisotopic (exact) mass is 573 g/mol. The van der Waals surface area contributed by atoms with Gasteiger partial charge in [-0.15, -0.1) is 0 Å². The van der Waals surface area contributed by atoms with E-state index >= 15 is 0 Å². The summed E-state index contributed by atoms with van der Waals surface area (Å²) in [7, 11) is 0. The maximum Gasteiger partial charge on any atom is 0.305 e. The van der Waals surface area contributed by atoms with E-state index in [1.165, 1.54) is 6.20 Å². The van der Waals surface area contributed by atoms with Crippen LogP contribution in [0.2, 0.25) is 0 Å². The zero-order valence-electron chi connectivity index (χ0n) is 25.2. The number of carboxylic acid groups (broad SMARTS) is 1. The van der Waals surface area contributed by atoms with Gasteiger partial charge in [-0.2, -0.15) is 0 Å². The largest absolute Gasteiger partial charge is 0.481 e. The van der Waals surface area contributed by atoms with Gasteiger partial charge in [0.15, 0.2) is 0 Å². The number of carbonyl (C=O) groups is 3.